The van der Waals surface area contributed by atoms with Gasteiger partial charge in [-0.05, 0) is 115 Å². The van der Waals surface area contributed by atoms with Crippen molar-refractivity contribution in [2.45, 2.75) is 10.8 Å². The van der Waals surface area contributed by atoms with Gasteiger partial charge in [0.05, 0.1) is 33.6 Å². The minimum absolute atomic E-state index is 0.599. The normalized spacial score (nSPS) is 12.6. The molecule has 0 saturated heterocycles. The van der Waals surface area contributed by atoms with E-state index in [0.29, 0.717) is 11.6 Å². The second-order valence-corrected chi connectivity index (χ2v) is 28.2. The Morgan fingerprint density at radius 3 is 0.777 bits per heavy atom. The smallest absolute Gasteiger partial charge is 0.160 e. The van der Waals surface area contributed by atoms with Crippen LogP contribution < -0.4 is 9.47 Å². The summed E-state index contributed by atoms with van der Waals surface area (Å²) in [7, 11) is 0. The highest BCUT2D eigenvalue weighted by Crippen LogP contribution is 2.59. The molecular weight excluding hydrogens is 1360 g/mol. The Hall–Kier alpha value is -14.7. The molecule has 2 aromatic heterocycles. The third-order valence-electron chi connectivity index (χ3n) is 21.7. The van der Waals surface area contributed by atoms with Crippen LogP contribution in [0.1, 0.15) is 44.5 Å². The summed E-state index contributed by atoms with van der Waals surface area (Å²) in [4.78, 5) is 20.3. The van der Waals surface area contributed by atoms with Gasteiger partial charge < -0.3 is 9.47 Å². The van der Waals surface area contributed by atoms with E-state index in [-0.39, 0.29) is 0 Å². The van der Waals surface area contributed by atoms with Gasteiger partial charge in [0.25, 0.3) is 0 Å². The Kier molecular flexibility index (Phi) is 18.1. The van der Waals surface area contributed by atoms with Crippen molar-refractivity contribution in [1.82, 2.24) is 19.9 Å². The lowest BCUT2D eigenvalue weighted by Gasteiger charge is -2.42. The van der Waals surface area contributed by atoms with Gasteiger partial charge in [0.1, 0.15) is 23.0 Å². The van der Waals surface area contributed by atoms with Gasteiger partial charge >= 0.3 is 0 Å². The molecule has 0 N–H and O–H groups in total. The summed E-state index contributed by atoms with van der Waals surface area (Å²) in [5.74, 6) is 4.87. The highest BCUT2D eigenvalue weighted by Gasteiger charge is 2.48. The van der Waals surface area contributed by atoms with E-state index in [0.717, 1.165) is 140 Å². The lowest BCUT2D eigenvalue weighted by molar-refractivity contribution is 0.434. The maximum absolute atomic E-state index is 6.60. The van der Waals surface area contributed by atoms with E-state index in [2.05, 4.69) is 364 Å². The molecule has 4 heterocycles. The largest absolute Gasteiger partial charge is 0.457 e. The van der Waals surface area contributed by atoms with Gasteiger partial charge in [0, 0.05) is 55.6 Å². The molecule has 0 unspecified atom stereocenters. The molecule has 112 heavy (non-hydrogen) atoms. The molecule has 0 bridgehead atoms. The van der Waals surface area contributed by atoms with Crippen LogP contribution in [0.4, 0.5) is 0 Å². The molecule has 16 aromatic carbocycles. The fraction of sp³-hybridized carbons (Fsp3) is 0.0189. The Balaban J connectivity index is 0.000000151. The van der Waals surface area contributed by atoms with E-state index in [1.807, 2.05) is 72.8 Å². The molecular formula is C106H72N4O2. The third-order valence-corrected chi connectivity index (χ3v) is 21.7. The number of fused-ring (bicyclic) bond motifs is 4. The lowest BCUT2D eigenvalue weighted by Crippen LogP contribution is -2.34. The lowest BCUT2D eigenvalue weighted by atomic mass is 9.62. The van der Waals surface area contributed by atoms with Gasteiger partial charge in [-0.25, -0.2) is 19.9 Å². The minimum atomic E-state index is -0.628. The first kappa shape index (κ1) is 67.9. The fourth-order valence-electron chi connectivity index (χ4n) is 16.5. The van der Waals surface area contributed by atoms with Crippen LogP contribution in [0.25, 0.3) is 112 Å². The van der Waals surface area contributed by atoms with E-state index in [1.165, 1.54) is 27.8 Å². The number of hydrogen-bond acceptors (Lipinski definition) is 6. The maximum Gasteiger partial charge on any atom is 0.160 e. The van der Waals surface area contributed by atoms with Crippen molar-refractivity contribution in [1.29, 1.82) is 0 Å². The SMILES string of the molecule is c1ccc(-c2cc(-c3ccccc3)nc(-c3ccc(-c4ccc(-c5ccccc5C5(c6ccccc6)c6ccccc6Oc6ccccc65)cc4)cc3)n2)cc1.c1ccc(-c2cc(-c3ccccc3)nc(-c3cccc(-c4cccc(-c5ccccc5C5(c6ccccc6)c6ccccc6Oc6ccccc65)c4)c3)n2)cc1. The summed E-state index contributed by atoms with van der Waals surface area (Å²) in [5.41, 5.74) is 26.9. The Bertz CT molecular complexity index is 6210. The van der Waals surface area contributed by atoms with Crippen molar-refractivity contribution in [2.75, 3.05) is 0 Å². The van der Waals surface area contributed by atoms with Crippen molar-refractivity contribution in [3.8, 4) is 135 Å². The zero-order valence-corrected chi connectivity index (χ0v) is 61.2. The second-order valence-electron chi connectivity index (χ2n) is 28.2. The molecule has 0 fully saturated rings. The van der Waals surface area contributed by atoms with Crippen molar-refractivity contribution in [3.05, 3.63) is 481 Å². The standard InChI is InChI=1S/2C53H36N2O/c1-4-18-37(19-5-1)48-36-49(38-20-6-2-7-21-38)55-52(54-48)42-25-17-23-40(35-42)39-22-16-24-41(34-39)44-28-10-11-29-45(44)53(43-26-8-3-9-27-43)46-30-12-14-32-50(46)56-51-33-15-13-31-47(51)53;1-4-16-40(17-5-1)48-36-49(41-18-6-2-7-19-41)55-52(54-48)42-34-30-38(31-35-42)37-28-32-39(33-29-37)44-22-10-11-23-45(44)53(43-20-8-3-9-21-43)46-24-12-14-26-50(46)56-51-27-15-13-25-47(51)53/h2*1-36H. The molecule has 0 atom stereocenters. The number of ether oxygens (including phenoxy) is 2. The molecule has 20 rings (SSSR count). The van der Waals surface area contributed by atoms with Crippen LogP contribution in [0.2, 0.25) is 0 Å². The maximum atomic E-state index is 6.60. The van der Waals surface area contributed by atoms with E-state index >= 15 is 0 Å². The Morgan fingerprint density at radius 2 is 0.411 bits per heavy atom. The Morgan fingerprint density at radius 1 is 0.161 bits per heavy atom. The van der Waals surface area contributed by atoms with Gasteiger partial charge in [0.2, 0.25) is 0 Å². The second kappa shape index (κ2) is 29.8. The zero-order valence-electron chi connectivity index (χ0n) is 61.2. The highest BCUT2D eigenvalue weighted by atomic mass is 16.5. The summed E-state index contributed by atoms with van der Waals surface area (Å²) >= 11 is 0. The monoisotopic (exact) mass is 1430 g/mol. The number of para-hydroxylation sites is 4. The van der Waals surface area contributed by atoms with Crippen LogP contribution in [0.5, 0.6) is 23.0 Å². The van der Waals surface area contributed by atoms with E-state index < -0.39 is 10.8 Å². The van der Waals surface area contributed by atoms with Crippen LogP contribution in [-0.4, -0.2) is 19.9 Å². The average Bonchev–Trinajstić information content (AvgIpc) is 0.707. The topological polar surface area (TPSA) is 70.0 Å². The zero-order chi connectivity index (χ0) is 74.6. The first-order chi connectivity index (χ1) is 55.5. The van der Waals surface area contributed by atoms with Gasteiger partial charge in [0.15, 0.2) is 11.6 Å². The van der Waals surface area contributed by atoms with Crippen LogP contribution in [-0.2, 0) is 10.8 Å². The third kappa shape index (κ3) is 12.6. The van der Waals surface area contributed by atoms with E-state index in [4.69, 9.17) is 29.4 Å². The number of hydrogen-bond donors (Lipinski definition) is 0. The van der Waals surface area contributed by atoms with Gasteiger partial charge in [-0.15, -0.1) is 0 Å². The van der Waals surface area contributed by atoms with E-state index in [9.17, 15) is 0 Å². The van der Waals surface area contributed by atoms with Crippen molar-refractivity contribution >= 4 is 0 Å². The van der Waals surface area contributed by atoms with Crippen LogP contribution in [0.15, 0.2) is 437 Å². The average molecular weight is 1430 g/mol. The van der Waals surface area contributed by atoms with Crippen molar-refractivity contribution in [3.63, 3.8) is 0 Å². The molecule has 0 radical (unpaired) electrons. The summed E-state index contributed by atoms with van der Waals surface area (Å²) in [5, 5.41) is 0. The van der Waals surface area contributed by atoms with Crippen LogP contribution in [0, 0.1) is 0 Å². The quantitative estimate of drug-likeness (QED) is 0.108. The van der Waals surface area contributed by atoms with E-state index in [1.54, 1.807) is 0 Å². The summed E-state index contributed by atoms with van der Waals surface area (Å²) < 4.78 is 13.2. The molecule has 6 nitrogen and oxygen atoms in total. The number of aromatic nitrogens is 4. The van der Waals surface area contributed by atoms with Gasteiger partial charge in [-0.3, -0.25) is 0 Å². The minimum Gasteiger partial charge on any atom is -0.457 e. The van der Waals surface area contributed by atoms with Crippen LogP contribution in [0.3, 0.4) is 0 Å². The first-order valence-corrected chi connectivity index (χ1v) is 38.0. The molecule has 0 spiro atoms. The number of rotatable bonds is 14. The predicted molar refractivity (Wildman–Crippen MR) is 455 cm³/mol. The van der Waals surface area contributed by atoms with Crippen molar-refractivity contribution in [2.24, 2.45) is 0 Å². The van der Waals surface area contributed by atoms with Gasteiger partial charge in [-0.2, -0.15) is 0 Å². The summed E-state index contributed by atoms with van der Waals surface area (Å²) in [6.07, 6.45) is 0. The van der Waals surface area contributed by atoms with Crippen LogP contribution >= 0.6 is 0 Å². The molecule has 0 aliphatic carbocycles. The molecule has 6 heteroatoms. The van der Waals surface area contributed by atoms with Crippen molar-refractivity contribution < 1.29 is 9.47 Å². The Labute approximate surface area is 652 Å². The first-order valence-electron chi connectivity index (χ1n) is 38.0. The molecule has 528 valence electrons. The number of benzene rings is 16. The molecule has 0 saturated carbocycles. The predicted octanol–water partition coefficient (Wildman–Crippen LogP) is 26.6. The molecule has 2 aliphatic rings. The van der Waals surface area contributed by atoms with Gasteiger partial charge in [-0.1, -0.05) is 388 Å². The summed E-state index contributed by atoms with van der Waals surface area (Å²) in [6.45, 7) is 0. The number of nitrogens with zero attached hydrogens (tertiary/aromatic N) is 4. The highest BCUT2D eigenvalue weighted by molar-refractivity contribution is 5.85. The fourth-order valence-corrected chi connectivity index (χ4v) is 16.5. The summed E-state index contributed by atoms with van der Waals surface area (Å²) in [6, 6.07) is 154. The molecule has 18 aromatic rings. The molecule has 0 amide bonds. The molecule has 2 aliphatic heterocycles.